The topological polar surface area (TPSA) is 59.0 Å². The van der Waals surface area contributed by atoms with Crippen molar-refractivity contribution in [3.8, 4) is 0 Å². The van der Waals surface area contributed by atoms with Crippen LogP contribution >= 0.6 is 0 Å². The molecule has 0 aliphatic carbocycles. The first-order valence-corrected chi connectivity index (χ1v) is 8.26. The van der Waals surface area contributed by atoms with Crippen molar-refractivity contribution in [3.05, 3.63) is 83.4 Å². The Morgan fingerprint density at radius 1 is 1.12 bits per heavy atom. The summed E-state index contributed by atoms with van der Waals surface area (Å²) in [5.41, 5.74) is 5.31. The Hall–Kier alpha value is -3.08. The van der Waals surface area contributed by atoms with E-state index in [0.717, 1.165) is 28.9 Å². The summed E-state index contributed by atoms with van der Waals surface area (Å²) in [6.07, 6.45) is 5.48. The molecule has 0 aliphatic heterocycles. The molecule has 25 heavy (non-hydrogen) atoms. The molecule has 0 radical (unpaired) electrons. The number of amides is 2. The summed E-state index contributed by atoms with van der Waals surface area (Å²) in [6, 6.07) is 13.9. The highest BCUT2D eigenvalue weighted by molar-refractivity contribution is 5.90. The molecule has 2 aromatic carbocycles. The molecule has 0 atom stereocenters. The molecule has 5 heteroatoms. The quantitative estimate of drug-likeness (QED) is 0.744. The van der Waals surface area contributed by atoms with Gasteiger partial charge in [0.1, 0.15) is 0 Å². The number of urea groups is 1. The van der Waals surface area contributed by atoms with Crippen molar-refractivity contribution >= 4 is 11.7 Å². The lowest BCUT2D eigenvalue weighted by atomic mass is 10.1. The standard InChI is InChI=1S/C20H22N4O/c1-15-7-8-19(16(2)11-15)23-20(25)22-12-17-5-3-4-6-18(17)13-24-10-9-21-14-24/h3-11,14H,12-13H2,1-2H3,(H2,22,23,25). The SMILES string of the molecule is Cc1ccc(NC(=O)NCc2ccccc2Cn2ccnc2)c(C)c1. The summed E-state index contributed by atoms with van der Waals surface area (Å²) in [6.45, 7) is 5.23. The van der Waals surface area contributed by atoms with Crippen molar-refractivity contribution in [2.24, 2.45) is 0 Å². The number of anilines is 1. The minimum atomic E-state index is -0.204. The van der Waals surface area contributed by atoms with E-state index in [1.165, 1.54) is 5.56 Å². The summed E-state index contributed by atoms with van der Waals surface area (Å²) in [7, 11) is 0. The van der Waals surface area contributed by atoms with E-state index < -0.39 is 0 Å². The van der Waals surface area contributed by atoms with Crippen molar-refractivity contribution in [3.63, 3.8) is 0 Å². The molecule has 0 bridgehead atoms. The number of nitrogens with one attached hydrogen (secondary N) is 2. The largest absolute Gasteiger partial charge is 0.334 e. The lowest BCUT2D eigenvalue weighted by molar-refractivity contribution is 0.251. The molecule has 128 valence electrons. The number of benzene rings is 2. The van der Waals surface area contributed by atoms with Gasteiger partial charge < -0.3 is 15.2 Å². The molecule has 2 N–H and O–H groups in total. The number of carbonyl (C=O) groups excluding carboxylic acids is 1. The Morgan fingerprint density at radius 2 is 1.92 bits per heavy atom. The molecule has 2 amide bonds. The van der Waals surface area contributed by atoms with Crippen LogP contribution < -0.4 is 10.6 Å². The highest BCUT2D eigenvalue weighted by Gasteiger charge is 2.07. The summed E-state index contributed by atoms with van der Waals surface area (Å²) in [5, 5.41) is 5.84. The maximum Gasteiger partial charge on any atom is 0.319 e. The van der Waals surface area contributed by atoms with Gasteiger partial charge in [-0.1, -0.05) is 42.0 Å². The smallest absolute Gasteiger partial charge is 0.319 e. The lowest BCUT2D eigenvalue weighted by Crippen LogP contribution is -2.29. The minimum absolute atomic E-state index is 0.204. The van der Waals surface area contributed by atoms with Crippen LogP contribution in [0.4, 0.5) is 10.5 Å². The third-order valence-corrected chi connectivity index (χ3v) is 4.10. The normalized spacial score (nSPS) is 10.5. The molecule has 0 saturated carbocycles. The zero-order chi connectivity index (χ0) is 17.6. The summed E-state index contributed by atoms with van der Waals surface area (Å²) >= 11 is 0. The molecular formula is C20H22N4O. The number of hydrogen-bond donors (Lipinski definition) is 2. The Morgan fingerprint density at radius 3 is 2.64 bits per heavy atom. The van der Waals surface area contributed by atoms with E-state index in [-0.39, 0.29) is 6.03 Å². The molecule has 5 nitrogen and oxygen atoms in total. The molecule has 0 fully saturated rings. The predicted molar refractivity (Wildman–Crippen MR) is 99.5 cm³/mol. The number of rotatable bonds is 5. The van der Waals surface area contributed by atoms with Crippen molar-refractivity contribution in [1.82, 2.24) is 14.9 Å². The molecule has 1 aromatic heterocycles. The van der Waals surface area contributed by atoms with Crippen LogP contribution in [0.5, 0.6) is 0 Å². The molecular weight excluding hydrogens is 312 g/mol. The van der Waals surface area contributed by atoms with E-state index in [9.17, 15) is 4.79 Å². The highest BCUT2D eigenvalue weighted by atomic mass is 16.2. The van der Waals surface area contributed by atoms with E-state index >= 15 is 0 Å². The first kappa shape index (κ1) is 16.8. The molecule has 0 aliphatic rings. The summed E-state index contributed by atoms with van der Waals surface area (Å²) in [5.74, 6) is 0. The second kappa shape index (κ2) is 7.66. The minimum Gasteiger partial charge on any atom is -0.334 e. The number of aryl methyl sites for hydroxylation is 2. The molecule has 0 saturated heterocycles. The number of carbonyl (C=O) groups is 1. The van der Waals surface area contributed by atoms with E-state index in [1.54, 1.807) is 12.5 Å². The first-order valence-electron chi connectivity index (χ1n) is 8.26. The van der Waals surface area contributed by atoms with Crippen LogP contribution in [-0.4, -0.2) is 15.6 Å². The van der Waals surface area contributed by atoms with Gasteiger partial charge in [-0.2, -0.15) is 0 Å². The fourth-order valence-corrected chi connectivity index (χ4v) is 2.76. The monoisotopic (exact) mass is 334 g/mol. The van der Waals surface area contributed by atoms with Gasteiger partial charge in [-0.3, -0.25) is 0 Å². The van der Waals surface area contributed by atoms with Crippen molar-refractivity contribution in [2.45, 2.75) is 26.9 Å². The van der Waals surface area contributed by atoms with Crippen LogP contribution in [0.25, 0.3) is 0 Å². The van der Waals surface area contributed by atoms with Gasteiger partial charge in [0.2, 0.25) is 0 Å². The van der Waals surface area contributed by atoms with Gasteiger partial charge >= 0.3 is 6.03 Å². The van der Waals surface area contributed by atoms with E-state index in [1.807, 2.05) is 54.9 Å². The van der Waals surface area contributed by atoms with Gasteiger partial charge in [0, 0.05) is 31.2 Å². The maximum atomic E-state index is 12.2. The van der Waals surface area contributed by atoms with E-state index in [0.29, 0.717) is 6.54 Å². The van der Waals surface area contributed by atoms with Crippen LogP contribution in [0.2, 0.25) is 0 Å². The van der Waals surface area contributed by atoms with E-state index in [4.69, 9.17) is 0 Å². The van der Waals surface area contributed by atoms with Gasteiger partial charge in [-0.15, -0.1) is 0 Å². The van der Waals surface area contributed by atoms with Crippen LogP contribution in [0, 0.1) is 13.8 Å². The Labute approximate surface area is 147 Å². The predicted octanol–water partition coefficient (Wildman–Crippen LogP) is 3.87. The Bertz CT molecular complexity index is 856. The molecule has 3 aromatic rings. The number of imidazole rings is 1. The zero-order valence-electron chi connectivity index (χ0n) is 14.5. The fraction of sp³-hybridized carbons (Fsp3) is 0.200. The van der Waals surface area contributed by atoms with E-state index in [2.05, 4.69) is 27.8 Å². The van der Waals surface area contributed by atoms with Crippen molar-refractivity contribution in [2.75, 3.05) is 5.32 Å². The number of nitrogens with zero attached hydrogens (tertiary/aromatic N) is 2. The second-order valence-electron chi connectivity index (χ2n) is 6.13. The third kappa shape index (κ3) is 4.47. The molecule has 0 unspecified atom stereocenters. The maximum absolute atomic E-state index is 12.2. The lowest BCUT2D eigenvalue weighted by Gasteiger charge is -2.13. The summed E-state index contributed by atoms with van der Waals surface area (Å²) in [4.78, 5) is 16.3. The van der Waals surface area contributed by atoms with Crippen LogP contribution in [0.15, 0.2) is 61.2 Å². The molecule has 3 rings (SSSR count). The molecule has 0 spiro atoms. The average molecular weight is 334 g/mol. The van der Waals surface area contributed by atoms with Crippen molar-refractivity contribution < 1.29 is 4.79 Å². The van der Waals surface area contributed by atoms with Gasteiger partial charge in [-0.25, -0.2) is 9.78 Å². The van der Waals surface area contributed by atoms with Gasteiger partial charge in [0.15, 0.2) is 0 Å². The average Bonchev–Trinajstić information content (AvgIpc) is 3.10. The van der Waals surface area contributed by atoms with Gasteiger partial charge in [0.05, 0.1) is 6.33 Å². The fourth-order valence-electron chi connectivity index (χ4n) is 2.76. The van der Waals surface area contributed by atoms with Crippen LogP contribution in [0.3, 0.4) is 0 Å². The number of hydrogen-bond acceptors (Lipinski definition) is 2. The second-order valence-corrected chi connectivity index (χ2v) is 6.13. The van der Waals surface area contributed by atoms with Gasteiger partial charge in [-0.05, 0) is 36.6 Å². The highest BCUT2D eigenvalue weighted by Crippen LogP contribution is 2.16. The van der Waals surface area contributed by atoms with Crippen LogP contribution in [0.1, 0.15) is 22.3 Å². The van der Waals surface area contributed by atoms with Gasteiger partial charge in [0.25, 0.3) is 0 Å². The summed E-state index contributed by atoms with van der Waals surface area (Å²) < 4.78 is 2.01. The Balaban J connectivity index is 1.62. The third-order valence-electron chi connectivity index (χ3n) is 4.10. The zero-order valence-corrected chi connectivity index (χ0v) is 14.5. The first-order chi connectivity index (χ1) is 12.1. The molecule has 1 heterocycles. The van der Waals surface area contributed by atoms with Crippen LogP contribution in [-0.2, 0) is 13.1 Å². The van der Waals surface area contributed by atoms with Crippen molar-refractivity contribution in [1.29, 1.82) is 0 Å². The number of aromatic nitrogens is 2. The Kier molecular flexibility index (Phi) is 5.14.